The number of para-hydroxylation sites is 2. The molecule has 0 aliphatic carbocycles. The Morgan fingerprint density at radius 1 is 1.12 bits per heavy atom. The molecule has 0 radical (unpaired) electrons. The molecule has 126 valence electrons. The van der Waals surface area contributed by atoms with Crippen LogP contribution in [0.3, 0.4) is 0 Å². The molecule has 1 unspecified atom stereocenters. The fraction of sp³-hybridized carbons (Fsp3) is 0.278. The van der Waals surface area contributed by atoms with Gasteiger partial charge in [-0.2, -0.15) is 0 Å². The molecule has 5 nitrogen and oxygen atoms in total. The summed E-state index contributed by atoms with van der Waals surface area (Å²) < 4.78 is 8.69. The number of nitrogens with zero attached hydrogens (tertiary/aromatic N) is 2. The Morgan fingerprint density at radius 3 is 2.50 bits per heavy atom. The van der Waals surface area contributed by atoms with E-state index in [9.17, 15) is 9.90 Å². The van der Waals surface area contributed by atoms with Crippen LogP contribution in [0.4, 0.5) is 0 Å². The zero-order valence-corrected chi connectivity index (χ0v) is 14.1. The molecular formula is C18H19ClN2O3. The van der Waals surface area contributed by atoms with Crippen molar-refractivity contribution >= 4 is 22.6 Å². The summed E-state index contributed by atoms with van der Waals surface area (Å²) in [6.45, 7) is 0.734. The third-order valence-electron chi connectivity index (χ3n) is 3.94. The van der Waals surface area contributed by atoms with Gasteiger partial charge in [0.05, 0.1) is 36.9 Å². The normalized spacial score (nSPS) is 12.6. The number of rotatable bonds is 6. The van der Waals surface area contributed by atoms with Gasteiger partial charge in [0.25, 0.3) is 0 Å². The minimum Gasteiger partial charge on any atom is -0.389 e. The van der Waals surface area contributed by atoms with E-state index in [1.165, 1.54) is 0 Å². The molecule has 1 heterocycles. The molecule has 3 aromatic rings. The Balaban J connectivity index is 1.63. The highest BCUT2D eigenvalue weighted by Gasteiger charge is 2.14. The van der Waals surface area contributed by atoms with Crippen molar-refractivity contribution in [3.05, 3.63) is 69.6 Å². The number of aliphatic hydroxyl groups is 1. The monoisotopic (exact) mass is 346 g/mol. The average molecular weight is 347 g/mol. The number of aryl methyl sites for hydroxylation is 1. The fourth-order valence-electron chi connectivity index (χ4n) is 2.70. The number of ether oxygens (including phenoxy) is 1. The largest absolute Gasteiger partial charge is 0.389 e. The summed E-state index contributed by atoms with van der Waals surface area (Å²) in [6, 6.07) is 14.9. The Labute approximate surface area is 144 Å². The predicted molar refractivity (Wildman–Crippen MR) is 94.3 cm³/mol. The summed E-state index contributed by atoms with van der Waals surface area (Å²) in [5.74, 6) is 0. The lowest BCUT2D eigenvalue weighted by molar-refractivity contribution is 0.0204. The first kappa shape index (κ1) is 16.8. The summed E-state index contributed by atoms with van der Waals surface area (Å²) >= 11 is 5.84. The molecule has 0 saturated heterocycles. The van der Waals surface area contributed by atoms with E-state index < -0.39 is 6.10 Å². The van der Waals surface area contributed by atoms with Gasteiger partial charge in [0.2, 0.25) is 0 Å². The van der Waals surface area contributed by atoms with Gasteiger partial charge >= 0.3 is 5.69 Å². The zero-order valence-electron chi connectivity index (χ0n) is 13.4. The smallest absolute Gasteiger partial charge is 0.328 e. The second-order valence-corrected chi connectivity index (χ2v) is 6.17. The van der Waals surface area contributed by atoms with Gasteiger partial charge in [-0.25, -0.2) is 4.79 Å². The van der Waals surface area contributed by atoms with Gasteiger partial charge in [-0.15, -0.1) is 0 Å². The Morgan fingerprint density at radius 2 is 1.79 bits per heavy atom. The van der Waals surface area contributed by atoms with Crippen molar-refractivity contribution in [3.63, 3.8) is 0 Å². The number of hydrogen-bond donors (Lipinski definition) is 1. The third kappa shape index (κ3) is 3.53. The van der Waals surface area contributed by atoms with E-state index in [4.69, 9.17) is 16.3 Å². The van der Waals surface area contributed by atoms with Crippen molar-refractivity contribution in [2.75, 3.05) is 6.61 Å². The van der Waals surface area contributed by atoms with Crippen LogP contribution in [0.15, 0.2) is 53.3 Å². The standard InChI is InChI=1S/C18H19ClN2O3/c1-20-16-4-2-3-5-17(16)21(18(20)23)10-15(22)12-24-11-13-6-8-14(19)9-7-13/h2-9,15,22H,10-12H2,1H3. The first-order chi connectivity index (χ1) is 11.6. The molecule has 0 bridgehead atoms. The van der Waals surface area contributed by atoms with Crippen LogP contribution in [0.25, 0.3) is 11.0 Å². The van der Waals surface area contributed by atoms with Crippen molar-refractivity contribution < 1.29 is 9.84 Å². The molecule has 6 heteroatoms. The van der Waals surface area contributed by atoms with Gasteiger partial charge in [-0.3, -0.25) is 9.13 Å². The summed E-state index contributed by atoms with van der Waals surface area (Å²) in [7, 11) is 1.73. The highest BCUT2D eigenvalue weighted by Crippen LogP contribution is 2.13. The van der Waals surface area contributed by atoms with E-state index in [0.717, 1.165) is 16.6 Å². The number of imidazole rings is 1. The SMILES string of the molecule is Cn1c(=O)n(CC(O)COCc2ccc(Cl)cc2)c2ccccc21. The van der Waals surface area contributed by atoms with Crippen LogP contribution in [-0.4, -0.2) is 27.0 Å². The van der Waals surface area contributed by atoms with E-state index in [-0.39, 0.29) is 18.8 Å². The molecule has 0 amide bonds. The molecule has 0 fully saturated rings. The van der Waals surface area contributed by atoms with Gasteiger partial charge in [-0.05, 0) is 29.8 Å². The van der Waals surface area contributed by atoms with Crippen molar-refractivity contribution in [1.82, 2.24) is 9.13 Å². The summed E-state index contributed by atoms with van der Waals surface area (Å²) in [5.41, 5.74) is 2.49. The number of aromatic nitrogens is 2. The molecule has 0 aliphatic heterocycles. The second-order valence-electron chi connectivity index (χ2n) is 5.74. The fourth-order valence-corrected chi connectivity index (χ4v) is 2.82. The molecule has 0 aliphatic rings. The molecule has 2 aromatic carbocycles. The van der Waals surface area contributed by atoms with Crippen molar-refractivity contribution in [3.8, 4) is 0 Å². The second kappa shape index (κ2) is 7.21. The quantitative estimate of drug-likeness (QED) is 0.746. The van der Waals surface area contributed by atoms with Crippen LogP contribution >= 0.6 is 11.6 Å². The topological polar surface area (TPSA) is 56.4 Å². The lowest BCUT2D eigenvalue weighted by Crippen LogP contribution is -2.29. The molecule has 1 aromatic heterocycles. The summed E-state index contributed by atoms with van der Waals surface area (Å²) in [6.07, 6.45) is -0.763. The van der Waals surface area contributed by atoms with Gasteiger partial charge in [-0.1, -0.05) is 35.9 Å². The molecular weight excluding hydrogens is 328 g/mol. The maximum absolute atomic E-state index is 12.3. The van der Waals surface area contributed by atoms with E-state index in [0.29, 0.717) is 11.6 Å². The van der Waals surface area contributed by atoms with Gasteiger partial charge in [0.1, 0.15) is 0 Å². The number of aliphatic hydroxyl groups excluding tert-OH is 1. The minimum atomic E-state index is -0.763. The van der Waals surface area contributed by atoms with Crippen LogP contribution < -0.4 is 5.69 Å². The van der Waals surface area contributed by atoms with Crippen LogP contribution in [-0.2, 0) is 24.9 Å². The molecule has 0 spiro atoms. The third-order valence-corrected chi connectivity index (χ3v) is 4.19. The molecule has 0 saturated carbocycles. The van der Waals surface area contributed by atoms with Crippen LogP contribution in [0.1, 0.15) is 5.56 Å². The van der Waals surface area contributed by atoms with E-state index >= 15 is 0 Å². The molecule has 1 N–H and O–H groups in total. The first-order valence-electron chi connectivity index (χ1n) is 7.71. The highest BCUT2D eigenvalue weighted by molar-refractivity contribution is 6.30. The van der Waals surface area contributed by atoms with Crippen molar-refractivity contribution in [1.29, 1.82) is 0 Å². The number of halogens is 1. The van der Waals surface area contributed by atoms with E-state index in [1.54, 1.807) is 28.3 Å². The highest BCUT2D eigenvalue weighted by atomic mass is 35.5. The van der Waals surface area contributed by atoms with E-state index in [1.807, 2.05) is 36.4 Å². The van der Waals surface area contributed by atoms with Crippen LogP contribution in [0.2, 0.25) is 5.02 Å². The van der Waals surface area contributed by atoms with Crippen molar-refractivity contribution in [2.24, 2.45) is 7.05 Å². The summed E-state index contributed by atoms with van der Waals surface area (Å²) in [4.78, 5) is 12.3. The van der Waals surface area contributed by atoms with Crippen LogP contribution in [0.5, 0.6) is 0 Å². The minimum absolute atomic E-state index is 0.145. The average Bonchev–Trinajstić information content (AvgIpc) is 2.82. The number of hydrogen-bond acceptors (Lipinski definition) is 3. The van der Waals surface area contributed by atoms with Gasteiger partial charge < -0.3 is 9.84 Å². The Kier molecular flexibility index (Phi) is 5.04. The lowest BCUT2D eigenvalue weighted by atomic mass is 10.2. The summed E-state index contributed by atoms with van der Waals surface area (Å²) in [5, 5.41) is 10.9. The Bertz CT molecular complexity index is 883. The van der Waals surface area contributed by atoms with Gasteiger partial charge in [0.15, 0.2) is 0 Å². The predicted octanol–water partition coefficient (Wildman–Crippen LogP) is 2.57. The maximum atomic E-state index is 12.3. The Hall–Kier alpha value is -2.08. The molecule has 24 heavy (non-hydrogen) atoms. The zero-order chi connectivity index (χ0) is 17.1. The first-order valence-corrected chi connectivity index (χ1v) is 8.08. The van der Waals surface area contributed by atoms with Crippen molar-refractivity contribution in [2.45, 2.75) is 19.3 Å². The molecule has 1 atom stereocenters. The van der Waals surface area contributed by atoms with Gasteiger partial charge in [0, 0.05) is 12.1 Å². The number of fused-ring (bicyclic) bond motifs is 1. The molecule has 3 rings (SSSR count). The number of benzene rings is 2. The maximum Gasteiger partial charge on any atom is 0.328 e. The lowest BCUT2D eigenvalue weighted by Gasteiger charge is -2.12. The van der Waals surface area contributed by atoms with Crippen LogP contribution in [0, 0.1) is 0 Å². The van der Waals surface area contributed by atoms with E-state index in [2.05, 4.69) is 0 Å².